The second-order valence-electron chi connectivity index (χ2n) is 9.05. The molecule has 0 bridgehead atoms. The van der Waals surface area contributed by atoms with Crippen LogP contribution in [0, 0.1) is 0 Å². The maximum Gasteiger partial charge on any atom is 0.253 e. The molecule has 2 atom stereocenters. The first-order valence-electron chi connectivity index (χ1n) is 11.8. The van der Waals surface area contributed by atoms with Crippen LogP contribution in [0.2, 0.25) is 0 Å². The molecule has 2 aromatic rings. The van der Waals surface area contributed by atoms with E-state index in [2.05, 4.69) is 17.3 Å². The van der Waals surface area contributed by atoms with E-state index in [4.69, 9.17) is 4.74 Å². The Labute approximate surface area is 197 Å². The van der Waals surface area contributed by atoms with Gasteiger partial charge in [0.2, 0.25) is 0 Å². The van der Waals surface area contributed by atoms with Crippen LogP contribution in [0.3, 0.4) is 0 Å². The summed E-state index contributed by atoms with van der Waals surface area (Å²) in [5, 5.41) is 3.47. The maximum atomic E-state index is 12.8. The third kappa shape index (κ3) is 4.87. The molecular weight excluding hydrogens is 432 g/mol. The Hall–Kier alpha value is -2.57. The number of amides is 1. The summed E-state index contributed by atoms with van der Waals surface area (Å²) in [5.41, 5.74) is 3.32. The van der Waals surface area contributed by atoms with Gasteiger partial charge in [-0.05, 0) is 103 Å². The number of carbonyl (C=O) groups is 1. The Balaban J connectivity index is 1.80. The van der Waals surface area contributed by atoms with Crippen LogP contribution in [0.4, 0.5) is 0 Å². The third-order valence-corrected chi connectivity index (χ3v) is 7.88. The maximum absolute atomic E-state index is 12.8. The van der Waals surface area contributed by atoms with Gasteiger partial charge in [-0.2, -0.15) is 0 Å². The van der Waals surface area contributed by atoms with E-state index in [0.29, 0.717) is 23.5 Å². The zero-order chi connectivity index (χ0) is 23.6. The van der Waals surface area contributed by atoms with E-state index in [1.165, 1.54) is 0 Å². The summed E-state index contributed by atoms with van der Waals surface area (Å²) >= 11 is 0. The number of benzene rings is 2. The van der Waals surface area contributed by atoms with Gasteiger partial charge in [-0.25, -0.2) is 0 Å². The summed E-state index contributed by atoms with van der Waals surface area (Å²) in [6.45, 7) is 7.25. The number of hydrogen-bond acceptors (Lipinski definition) is 4. The Bertz CT molecular complexity index is 1150. The quantitative estimate of drug-likeness (QED) is 0.671. The summed E-state index contributed by atoms with van der Waals surface area (Å²) < 4.78 is 19.3. The average Bonchev–Trinajstić information content (AvgIpc) is 3.03. The predicted octanol–water partition coefficient (Wildman–Crippen LogP) is 4.21. The van der Waals surface area contributed by atoms with Gasteiger partial charge in [0.05, 0.1) is 0 Å². The van der Waals surface area contributed by atoms with E-state index in [1.54, 1.807) is 6.26 Å². The Morgan fingerprint density at radius 3 is 2.52 bits per heavy atom. The molecule has 33 heavy (non-hydrogen) atoms. The SMILES string of the molecule is C=S(C)(=O)c1ccc2c(c1)C(c1ccc(C(=O)N(CC)CC)cc1)=CC1(CCCNCC1)O2. The number of carbonyl (C=O) groups excluding carboxylic acids is 1. The average molecular weight is 467 g/mol. The van der Waals surface area contributed by atoms with Crippen molar-refractivity contribution in [1.29, 1.82) is 0 Å². The molecule has 1 N–H and O–H groups in total. The Morgan fingerprint density at radius 1 is 1.12 bits per heavy atom. The summed E-state index contributed by atoms with van der Waals surface area (Å²) in [6, 6.07) is 13.6. The van der Waals surface area contributed by atoms with E-state index in [1.807, 2.05) is 61.2 Å². The minimum atomic E-state index is -2.36. The van der Waals surface area contributed by atoms with Crippen molar-refractivity contribution in [1.82, 2.24) is 10.2 Å². The molecule has 1 fully saturated rings. The monoisotopic (exact) mass is 466 g/mol. The van der Waals surface area contributed by atoms with Crippen molar-refractivity contribution in [2.24, 2.45) is 0 Å². The van der Waals surface area contributed by atoms with Gasteiger partial charge in [0.1, 0.15) is 11.4 Å². The Morgan fingerprint density at radius 2 is 1.85 bits per heavy atom. The van der Waals surface area contributed by atoms with Crippen LogP contribution in [0.1, 0.15) is 54.6 Å². The zero-order valence-electron chi connectivity index (χ0n) is 19.9. The summed E-state index contributed by atoms with van der Waals surface area (Å²) in [7, 11) is -2.36. The smallest absolute Gasteiger partial charge is 0.253 e. The largest absolute Gasteiger partial charge is 0.482 e. The van der Waals surface area contributed by atoms with E-state index in [9.17, 15) is 9.00 Å². The van der Waals surface area contributed by atoms with Crippen molar-refractivity contribution >= 4 is 26.9 Å². The van der Waals surface area contributed by atoms with E-state index < -0.39 is 9.52 Å². The first-order chi connectivity index (χ1) is 15.8. The van der Waals surface area contributed by atoms with Crippen LogP contribution >= 0.6 is 0 Å². The Kier molecular flexibility index (Phi) is 6.68. The molecule has 1 amide bonds. The third-order valence-electron chi connectivity index (χ3n) is 6.63. The van der Waals surface area contributed by atoms with E-state index in [-0.39, 0.29) is 11.5 Å². The normalized spacial score (nSPS) is 21.8. The van der Waals surface area contributed by atoms with Gasteiger partial charge in [-0.15, -0.1) is 0 Å². The molecular formula is C27H34N2O3S. The van der Waals surface area contributed by atoms with Gasteiger partial charge >= 0.3 is 0 Å². The number of ether oxygens (including phenoxy) is 1. The number of hydrogen-bond donors (Lipinski definition) is 1. The topological polar surface area (TPSA) is 58.6 Å². The fourth-order valence-corrected chi connectivity index (χ4v) is 5.42. The second-order valence-corrected chi connectivity index (χ2v) is 11.5. The molecule has 0 saturated carbocycles. The molecule has 2 heterocycles. The first-order valence-corrected chi connectivity index (χ1v) is 13.9. The van der Waals surface area contributed by atoms with Crippen molar-refractivity contribution in [3.63, 3.8) is 0 Å². The van der Waals surface area contributed by atoms with Crippen LogP contribution in [0.15, 0.2) is 53.4 Å². The summed E-state index contributed by atoms with van der Waals surface area (Å²) in [5.74, 6) is 4.72. The number of fused-ring (bicyclic) bond motifs is 1. The predicted molar refractivity (Wildman–Crippen MR) is 137 cm³/mol. The van der Waals surface area contributed by atoms with Crippen molar-refractivity contribution in [2.75, 3.05) is 32.4 Å². The highest BCUT2D eigenvalue weighted by atomic mass is 32.2. The van der Waals surface area contributed by atoms with Gasteiger partial charge < -0.3 is 15.0 Å². The van der Waals surface area contributed by atoms with E-state index >= 15 is 0 Å². The molecule has 2 aromatic carbocycles. The summed E-state index contributed by atoms with van der Waals surface area (Å²) in [4.78, 5) is 15.3. The lowest BCUT2D eigenvalue weighted by atomic mass is 9.84. The highest BCUT2D eigenvalue weighted by Gasteiger charge is 2.36. The lowest BCUT2D eigenvalue weighted by Crippen LogP contribution is -2.37. The van der Waals surface area contributed by atoms with Gasteiger partial charge in [0, 0.05) is 41.8 Å². The molecule has 1 spiro atoms. The van der Waals surface area contributed by atoms with Crippen LogP contribution in [-0.4, -0.2) is 58.9 Å². The van der Waals surface area contributed by atoms with Crippen molar-refractivity contribution in [2.45, 2.75) is 43.6 Å². The van der Waals surface area contributed by atoms with Crippen molar-refractivity contribution < 1.29 is 13.7 Å². The standard InChI is InChI=1S/C27H34N2O3S/c1-5-29(6-2)26(30)21-10-8-20(9-11-21)24-19-27(14-7-16-28-17-15-27)32-25-13-12-22(18-23(24)25)33(3,4)31/h8-13,18-19,28H,3,5-7,14-17H2,1-2,4H3. The van der Waals surface area contributed by atoms with Crippen molar-refractivity contribution in [3.8, 4) is 5.75 Å². The number of nitrogens with one attached hydrogen (secondary N) is 1. The lowest BCUT2D eigenvalue weighted by molar-refractivity contribution is 0.0773. The van der Waals surface area contributed by atoms with Gasteiger partial charge in [-0.1, -0.05) is 12.1 Å². The molecule has 2 aliphatic rings. The second kappa shape index (κ2) is 9.35. The zero-order valence-corrected chi connectivity index (χ0v) is 20.7. The van der Waals surface area contributed by atoms with Crippen LogP contribution in [0.5, 0.6) is 5.75 Å². The molecule has 2 unspecified atom stereocenters. The number of rotatable bonds is 5. The van der Waals surface area contributed by atoms with Gasteiger partial charge in [0.25, 0.3) is 5.91 Å². The minimum absolute atomic E-state index is 0.0456. The van der Waals surface area contributed by atoms with Gasteiger partial charge in [0.15, 0.2) is 0 Å². The highest BCUT2D eigenvalue weighted by Crippen LogP contribution is 2.43. The van der Waals surface area contributed by atoms with E-state index in [0.717, 1.165) is 54.8 Å². The summed E-state index contributed by atoms with van der Waals surface area (Å²) in [6.07, 6.45) is 6.76. The highest BCUT2D eigenvalue weighted by molar-refractivity contribution is 7.99. The first kappa shape index (κ1) is 23.6. The molecule has 0 aromatic heterocycles. The molecule has 0 aliphatic carbocycles. The molecule has 176 valence electrons. The molecule has 5 nitrogen and oxygen atoms in total. The minimum Gasteiger partial charge on any atom is -0.482 e. The lowest BCUT2D eigenvalue weighted by Gasteiger charge is -2.37. The van der Waals surface area contributed by atoms with Crippen LogP contribution in [-0.2, 0) is 9.52 Å². The molecule has 2 aliphatic heterocycles. The molecule has 1 saturated heterocycles. The molecule has 4 rings (SSSR count). The fraction of sp³-hybridized carbons (Fsp3) is 0.407. The van der Waals surface area contributed by atoms with Crippen LogP contribution < -0.4 is 10.1 Å². The fourth-order valence-electron chi connectivity index (χ4n) is 4.70. The van der Waals surface area contributed by atoms with Crippen LogP contribution in [0.25, 0.3) is 5.57 Å². The molecule has 6 heteroatoms. The van der Waals surface area contributed by atoms with Gasteiger partial charge in [-0.3, -0.25) is 9.00 Å². The van der Waals surface area contributed by atoms with Crippen molar-refractivity contribution in [3.05, 3.63) is 65.2 Å². The molecule has 0 radical (unpaired) electrons. The number of nitrogens with zero attached hydrogens (tertiary/aromatic N) is 1.